The van der Waals surface area contributed by atoms with E-state index in [0.717, 1.165) is 6.54 Å². The molecule has 3 nitrogen and oxygen atoms in total. The predicted octanol–water partition coefficient (Wildman–Crippen LogP) is 2.24. The van der Waals surface area contributed by atoms with Crippen LogP contribution in [0.25, 0.3) is 0 Å². The van der Waals surface area contributed by atoms with Crippen LogP contribution in [0.15, 0.2) is 17.5 Å². The SMILES string of the molecule is CC(C)NC(=O)CN(Cc1cccs1)C1CC1. The molecule has 0 saturated heterocycles. The van der Waals surface area contributed by atoms with Crippen LogP contribution in [0.3, 0.4) is 0 Å². The Balaban J connectivity index is 1.87. The maximum Gasteiger partial charge on any atom is 0.234 e. The quantitative estimate of drug-likeness (QED) is 0.842. The topological polar surface area (TPSA) is 32.3 Å². The molecule has 4 heteroatoms. The molecule has 0 bridgehead atoms. The standard InChI is InChI=1S/C13H20N2OS/c1-10(2)14-13(16)9-15(11-5-6-11)8-12-4-3-7-17-12/h3-4,7,10-11H,5-6,8-9H2,1-2H3,(H,14,16). The molecular weight excluding hydrogens is 232 g/mol. The summed E-state index contributed by atoms with van der Waals surface area (Å²) in [6, 6.07) is 5.06. The molecule has 1 N–H and O–H groups in total. The van der Waals surface area contributed by atoms with Crippen LogP contribution in [0.4, 0.5) is 0 Å². The first-order chi connectivity index (χ1) is 8.15. The van der Waals surface area contributed by atoms with Gasteiger partial charge >= 0.3 is 0 Å². The molecule has 1 heterocycles. The minimum Gasteiger partial charge on any atom is -0.353 e. The Morgan fingerprint density at radius 2 is 2.35 bits per heavy atom. The summed E-state index contributed by atoms with van der Waals surface area (Å²) in [4.78, 5) is 15.4. The van der Waals surface area contributed by atoms with Crippen LogP contribution < -0.4 is 5.32 Å². The molecule has 0 unspecified atom stereocenters. The molecule has 94 valence electrons. The van der Waals surface area contributed by atoms with E-state index in [0.29, 0.717) is 12.6 Å². The Morgan fingerprint density at radius 1 is 1.59 bits per heavy atom. The first-order valence-corrected chi connectivity index (χ1v) is 7.09. The van der Waals surface area contributed by atoms with Crippen molar-refractivity contribution in [2.24, 2.45) is 0 Å². The first kappa shape index (κ1) is 12.6. The summed E-state index contributed by atoms with van der Waals surface area (Å²) < 4.78 is 0. The van der Waals surface area contributed by atoms with Gasteiger partial charge in [-0.3, -0.25) is 9.69 Å². The number of carbonyl (C=O) groups is 1. The van der Waals surface area contributed by atoms with Crippen molar-refractivity contribution in [3.05, 3.63) is 22.4 Å². The van der Waals surface area contributed by atoms with Crippen molar-refractivity contribution in [1.82, 2.24) is 10.2 Å². The first-order valence-electron chi connectivity index (χ1n) is 6.21. The average molecular weight is 252 g/mol. The zero-order valence-corrected chi connectivity index (χ0v) is 11.3. The van der Waals surface area contributed by atoms with Crippen LogP contribution in [0, 0.1) is 0 Å². The number of hydrogen-bond acceptors (Lipinski definition) is 3. The molecular formula is C13H20N2OS. The number of nitrogens with zero attached hydrogens (tertiary/aromatic N) is 1. The molecule has 0 aliphatic heterocycles. The van der Waals surface area contributed by atoms with Crippen LogP contribution in [0.1, 0.15) is 31.6 Å². The van der Waals surface area contributed by atoms with Gasteiger partial charge in [-0.1, -0.05) is 6.07 Å². The van der Waals surface area contributed by atoms with E-state index in [-0.39, 0.29) is 11.9 Å². The zero-order chi connectivity index (χ0) is 12.3. The highest BCUT2D eigenvalue weighted by molar-refractivity contribution is 7.09. The lowest BCUT2D eigenvalue weighted by molar-refractivity contribution is -0.123. The van der Waals surface area contributed by atoms with Gasteiger partial charge in [-0.25, -0.2) is 0 Å². The lowest BCUT2D eigenvalue weighted by Crippen LogP contribution is -2.40. The van der Waals surface area contributed by atoms with Gasteiger partial charge in [-0.2, -0.15) is 0 Å². The highest BCUT2D eigenvalue weighted by Gasteiger charge is 2.30. The molecule has 0 aromatic carbocycles. The molecule has 1 saturated carbocycles. The number of amides is 1. The van der Waals surface area contributed by atoms with Crippen molar-refractivity contribution < 1.29 is 4.79 Å². The fourth-order valence-corrected chi connectivity index (χ4v) is 2.64. The lowest BCUT2D eigenvalue weighted by atomic mass is 10.3. The van der Waals surface area contributed by atoms with E-state index < -0.39 is 0 Å². The van der Waals surface area contributed by atoms with Crippen molar-refractivity contribution >= 4 is 17.2 Å². The van der Waals surface area contributed by atoms with E-state index in [4.69, 9.17) is 0 Å². The fourth-order valence-electron chi connectivity index (χ4n) is 1.91. The molecule has 1 aliphatic carbocycles. The molecule has 0 spiro atoms. The zero-order valence-electron chi connectivity index (χ0n) is 10.5. The third kappa shape index (κ3) is 4.13. The van der Waals surface area contributed by atoms with E-state index in [1.807, 2.05) is 13.8 Å². The Bertz CT molecular complexity index is 358. The normalized spacial score (nSPS) is 15.5. The lowest BCUT2D eigenvalue weighted by Gasteiger charge is -2.21. The molecule has 1 amide bonds. The van der Waals surface area contributed by atoms with Crippen molar-refractivity contribution in [3.8, 4) is 0 Å². The summed E-state index contributed by atoms with van der Waals surface area (Å²) in [6.07, 6.45) is 2.47. The Kier molecular flexibility index (Phi) is 4.18. The van der Waals surface area contributed by atoms with E-state index in [9.17, 15) is 4.79 Å². The number of hydrogen-bond donors (Lipinski definition) is 1. The van der Waals surface area contributed by atoms with Crippen molar-refractivity contribution in [2.45, 2.75) is 45.3 Å². The van der Waals surface area contributed by atoms with E-state index in [2.05, 4.69) is 27.7 Å². The van der Waals surface area contributed by atoms with Gasteiger partial charge in [0.15, 0.2) is 0 Å². The summed E-state index contributed by atoms with van der Waals surface area (Å²) in [7, 11) is 0. The molecule has 1 fully saturated rings. The van der Waals surface area contributed by atoms with Crippen LogP contribution in [-0.4, -0.2) is 29.4 Å². The molecule has 1 aromatic heterocycles. The minimum atomic E-state index is 0.142. The van der Waals surface area contributed by atoms with Crippen molar-refractivity contribution in [2.75, 3.05) is 6.54 Å². The Hall–Kier alpha value is -0.870. The second kappa shape index (κ2) is 5.65. The van der Waals surface area contributed by atoms with Crippen LogP contribution >= 0.6 is 11.3 Å². The Morgan fingerprint density at radius 3 is 2.88 bits per heavy atom. The van der Waals surface area contributed by atoms with Crippen molar-refractivity contribution in [1.29, 1.82) is 0 Å². The third-order valence-corrected chi connectivity index (χ3v) is 3.66. The average Bonchev–Trinajstić information content (AvgIpc) is 2.96. The van der Waals surface area contributed by atoms with Crippen molar-refractivity contribution in [3.63, 3.8) is 0 Å². The predicted molar refractivity (Wildman–Crippen MR) is 71.0 cm³/mol. The molecule has 1 aromatic rings. The maximum absolute atomic E-state index is 11.8. The van der Waals surface area contributed by atoms with Crippen LogP contribution in [-0.2, 0) is 11.3 Å². The monoisotopic (exact) mass is 252 g/mol. The van der Waals surface area contributed by atoms with Gasteiger partial charge in [0.25, 0.3) is 0 Å². The summed E-state index contributed by atoms with van der Waals surface area (Å²) in [5.41, 5.74) is 0. The number of rotatable bonds is 6. The highest BCUT2D eigenvalue weighted by Crippen LogP contribution is 2.28. The highest BCUT2D eigenvalue weighted by atomic mass is 32.1. The van der Waals surface area contributed by atoms with Gasteiger partial charge in [0.05, 0.1) is 6.54 Å². The van der Waals surface area contributed by atoms with Gasteiger partial charge in [-0.05, 0) is 38.1 Å². The fraction of sp³-hybridized carbons (Fsp3) is 0.615. The van der Waals surface area contributed by atoms with Crippen LogP contribution in [0.2, 0.25) is 0 Å². The summed E-state index contributed by atoms with van der Waals surface area (Å²) in [5, 5.41) is 5.05. The summed E-state index contributed by atoms with van der Waals surface area (Å²) >= 11 is 1.76. The molecule has 1 aliphatic rings. The van der Waals surface area contributed by atoms with Gasteiger partial charge < -0.3 is 5.32 Å². The van der Waals surface area contributed by atoms with E-state index in [1.54, 1.807) is 11.3 Å². The second-order valence-electron chi connectivity index (χ2n) is 4.94. The number of nitrogens with one attached hydrogen (secondary N) is 1. The number of carbonyl (C=O) groups excluding carboxylic acids is 1. The van der Waals surface area contributed by atoms with Gasteiger partial charge in [0, 0.05) is 23.5 Å². The Labute approximate surface area is 107 Å². The summed E-state index contributed by atoms with van der Waals surface area (Å²) in [6.45, 7) is 5.44. The van der Waals surface area contributed by atoms with Gasteiger partial charge in [0.1, 0.15) is 0 Å². The maximum atomic E-state index is 11.8. The molecule has 0 radical (unpaired) electrons. The number of thiophene rings is 1. The largest absolute Gasteiger partial charge is 0.353 e. The molecule has 0 atom stereocenters. The molecule has 17 heavy (non-hydrogen) atoms. The van der Waals surface area contributed by atoms with E-state index >= 15 is 0 Å². The van der Waals surface area contributed by atoms with Gasteiger partial charge in [-0.15, -0.1) is 11.3 Å². The minimum absolute atomic E-state index is 0.142. The third-order valence-electron chi connectivity index (χ3n) is 2.80. The van der Waals surface area contributed by atoms with Crippen LogP contribution in [0.5, 0.6) is 0 Å². The summed E-state index contributed by atoms with van der Waals surface area (Å²) in [5.74, 6) is 0.142. The van der Waals surface area contributed by atoms with E-state index in [1.165, 1.54) is 17.7 Å². The van der Waals surface area contributed by atoms with Gasteiger partial charge in [0.2, 0.25) is 5.91 Å². The smallest absolute Gasteiger partial charge is 0.234 e. The molecule has 2 rings (SSSR count). The second-order valence-corrected chi connectivity index (χ2v) is 5.97.